The molecule has 0 radical (unpaired) electrons. The largest absolute Gasteiger partial charge is 0.497 e. The molecule has 0 bridgehead atoms. The van der Waals surface area contributed by atoms with E-state index in [9.17, 15) is 14.4 Å². The minimum Gasteiger partial charge on any atom is -0.497 e. The van der Waals surface area contributed by atoms with Crippen LogP contribution < -0.4 is 14.4 Å². The molecule has 3 rings (SSSR count). The first-order chi connectivity index (χ1) is 14.0. The number of amides is 2. The van der Waals surface area contributed by atoms with Crippen molar-refractivity contribution in [1.29, 1.82) is 0 Å². The van der Waals surface area contributed by atoms with E-state index in [2.05, 4.69) is 0 Å². The second-order valence-corrected chi connectivity index (χ2v) is 7.32. The number of piperidine rings is 1. The van der Waals surface area contributed by atoms with E-state index in [1.165, 1.54) is 7.11 Å². The summed E-state index contributed by atoms with van der Waals surface area (Å²) in [6.45, 7) is 3.33. The molecule has 8 nitrogen and oxygen atoms in total. The minimum atomic E-state index is -0.445. The Labute approximate surface area is 170 Å². The van der Waals surface area contributed by atoms with E-state index < -0.39 is 5.92 Å². The first kappa shape index (κ1) is 21.0. The molecule has 0 unspecified atom stereocenters. The molecule has 0 aliphatic carbocycles. The van der Waals surface area contributed by atoms with Crippen molar-refractivity contribution in [1.82, 2.24) is 4.90 Å². The van der Waals surface area contributed by atoms with Crippen molar-refractivity contribution in [3.8, 4) is 11.5 Å². The summed E-state index contributed by atoms with van der Waals surface area (Å²) in [4.78, 5) is 41.1. The molecule has 0 N–H and O–H groups in total. The summed E-state index contributed by atoms with van der Waals surface area (Å²) >= 11 is 0. The number of likely N-dealkylation sites (tertiary alicyclic amines) is 1. The Balaban J connectivity index is 1.71. The van der Waals surface area contributed by atoms with Crippen molar-refractivity contribution in [3.05, 3.63) is 18.2 Å². The van der Waals surface area contributed by atoms with Crippen LogP contribution in [0.3, 0.4) is 0 Å². The molecule has 2 amide bonds. The lowest BCUT2D eigenvalue weighted by Crippen LogP contribution is -2.45. The predicted octanol–water partition coefficient (Wildman–Crippen LogP) is 1.86. The predicted molar refractivity (Wildman–Crippen MR) is 106 cm³/mol. The normalized spacial score (nSPS) is 21.8. The van der Waals surface area contributed by atoms with Crippen LogP contribution >= 0.6 is 0 Å². The number of carbonyl (C=O) groups excluding carboxylic acids is 3. The van der Waals surface area contributed by atoms with Gasteiger partial charge >= 0.3 is 5.97 Å². The summed E-state index contributed by atoms with van der Waals surface area (Å²) in [5.41, 5.74) is 0.593. The molecule has 0 saturated carbocycles. The van der Waals surface area contributed by atoms with E-state index in [4.69, 9.17) is 14.2 Å². The molecule has 2 aliphatic rings. The van der Waals surface area contributed by atoms with E-state index in [0.717, 1.165) is 12.8 Å². The highest BCUT2D eigenvalue weighted by molar-refractivity contribution is 6.01. The molecule has 2 fully saturated rings. The third-order valence-corrected chi connectivity index (χ3v) is 5.50. The lowest BCUT2D eigenvalue weighted by atomic mass is 9.96. The van der Waals surface area contributed by atoms with Gasteiger partial charge in [-0.25, -0.2) is 0 Å². The van der Waals surface area contributed by atoms with Gasteiger partial charge < -0.3 is 24.0 Å². The van der Waals surface area contributed by atoms with Gasteiger partial charge in [0.2, 0.25) is 11.8 Å². The summed E-state index contributed by atoms with van der Waals surface area (Å²) in [7, 11) is 3.10. The molecule has 0 spiro atoms. The average molecular weight is 404 g/mol. The van der Waals surface area contributed by atoms with Crippen LogP contribution in [-0.2, 0) is 19.1 Å². The van der Waals surface area contributed by atoms with Gasteiger partial charge in [0.1, 0.15) is 11.5 Å². The number of carbonyl (C=O) groups is 3. The fourth-order valence-electron chi connectivity index (χ4n) is 4.00. The first-order valence-electron chi connectivity index (χ1n) is 9.96. The van der Waals surface area contributed by atoms with Gasteiger partial charge in [-0.05, 0) is 31.9 Å². The topological polar surface area (TPSA) is 85.4 Å². The smallest absolute Gasteiger partial charge is 0.310 e. The van der Waals surface area contributed by atoms with Gasteiger partial charge in [-0.15, -0.1) is 0 Å². The minimum absolute atomic E-state index is 0.0864. The molecule has 8 heteroatoms. The number of esters is 1. The standard InChI is InChI=1S/C21H28N2O6/c1-4-29-21(26)14-6-5-9-22(12-14)20(25)15-10-19(24)23(13-15)17-11-16(27-2)7-8-18(17)28-3/h7-8,11,14-15H,4-6,9-10,12-13H2,1-3H3/t14-,15+/m0/s1. The van der Waals surface area contributed by atoms with Crippen LogP contribution in [0.1, 0.15) is 26.2 Å². The van der Waals surface area contributed by atoms with Crippen molar-refractivity contribution in [3.63, 3.8) is 0 Å². The van der Waals surface area contributed by atoms with Crippen LogP contribution in [0.5, 0.6) is 11.5 Å². The Morgan fingerprint density at radius 3 is 2.62 bits per heavy atom. The van der Waals surface area contributed by atoms with Gasteiger partial charge in [0.15, 0.2) is 0 Å². The maximum Gasteiger partial charge on any atom is 0.310 e. The Hall–Kier alpha value is -2.77. The van der Waals surface area contributed by atoms with Gasteiger partial charge in [0, 0.05) is 32.1 Å². The molecule has 0 aromatic heterocycles. The van der Waals surface area contributed by atoms with Crippen molar-refractivity contribution in [2.24, 2.45) is 11.8 Å². The molecule has 158 valence electrons. The van der Waals surface area contributed by atoms with Crippen molar-refractivity contribution in [2.75, 3.05) is 45.4 Å². The molecule has 2 heterocycles. The quantitative estimate of drug-likeness (QED) is 0.673. The lowest BCUT2D eigenvalue weighted by molar-refractivity contribution is -0.152. The zero-order valence-corrected chi connectivity index (χ0v) is 17.2. The van der Waals surface area contributed by atoms with Crippen LogP contribution in [0.15, 0.2) is 18.2 Å². The number of rotatable bonds is 6. The number of ether oxygens (including phenoxy) is 3. The molecule has 2 atom stereocenters. The number of nitrogens with zero attached hydrogens (tertiary/aromatic N) is 2. The highest BCUT2D eigenvalue weighted by atomic mass is 16.5. The molecule has 29 heavy (non-hydrogen) atoms. The zero-order chi connectivity index (χ0) is 21.0. The van der Waals surface area contributed by atoms with Gasteiger partial charge in [-0.1, -0.05) is 0 Å². The summed E-state index contributed by atoms with van der Waals surface area (Å²) < 4.78 is 15.8. The lowest BCUT2D eigenvalue weighted by Gasteiger charge is -2.33. The highest BCUT2D eigenvalue weighted by Crippen LogP contribution is 2.36. The maximum absolute atomic E-state index is 13.1. The molecular weight excluding hydrogens is 376 g/mol. The summed E-state index contributed by atoms with van der Waals surface area (Å²) in [6, 6.07) is 5.24. The Morgan fingerprint density at radius 1 is 1.14 bits per heavy atom. The third-order valence-electron chi connectivity index (χ3n) is 5.50. The van der Waals surface area contributed by atoms with E-state index >= 15 is 0 Å². The SMILES string of the molecule is CCOC(=O)[C@H]1CCCN(C(=O)[C@@H]2CC(=O)N(c3cc(OC)ccc3OC)C2)C1. The van der Waals surface area contributed by atoms with Crippen molar-refractivity contribution < 1.29 is 28.6 Å². The molecule has 2 saturated heterocycles. The molecule has 1 aromatic carbocycles. The van der Waals surface area contributed by atoms with Gasteiger partial charge in [-0.3, -0.25) is 14.4 Å². The van der Waals surface area contributed by atoms with Crippen LogP contribution in [-0.4, -0.2) is 63.1 Å². The monoisotopic (exact) mass is 404 g/mol. The third kappa shape index (κ3) is 4.46. The Morgan fingerprint density at radius 2 is 1.93 bits per heavy atom. The number of benzene rings is 1. The number of hydrogen-bond donors (Lipinski definition) is 0. The fraction of sp³-hybridized carbons (Fsp3) is 0.571. The van der Waals surface area contributed by atoms with Gasteiger partial charge in [-0.2, -0.15) is 0 Å². The molecule has 2 aliphatic heterocycles. The summed E-state index contributed by atoms with van der Waals surface area (Å²) in [5, 5.41) is 0. The zero-order valence-electron chi connectivity index (χ0n) is 17.2. The van der Waals surface area contributed by atoms with E-state index in [1.54, 1.807) is 42.0 Å². The van der Waals surface area contributed by atoms with Crippen LogP contribution in [0.25, 0.3) is 0 Å². The molecular formula is C21H28N2O6. The average Bonchev–Trinajstić information content (AvgIpc) is 3.14. The number of hydrogen-bond acceptors (Lipinski definition) is 6. The van der Waals surface area contributed by atoms with Crippen LogP contribution in [0, 0.1) is 11.8 Å². The Bertz CT molecular complexity index is 780. The van der Waals surface area contributed by atoms with Crippen LogP contribution in [0.2, 0.25) is 0 Å². The van der Waals surface area contributed by atoms with Crippen molar-refractivity contribution in [2.45, 2.75) is 26.2 Å². The van der Waals surface area contributed by atoms with E-state index in [0.29, 0.717) is 36.9 Å². The number of methoxy groups -OCH3 is 2. The second-order valence-electron chi connectivity index (χ2n) is 7.32. The Kier molecular flexibility index (Phi) is 6.61. The van der Waals surface area contributed by atoms with Gasteiger partial charge in [0.25, 0.3) is 0 Å². The van der Waals surface area contributed by atoms with E-state index in [1.807, 2.05) is 0 Å². The molecule has 1 aromatic rings. The summed E-state index contributed by atoms with van der Waals surface area (Å²) in [5.74, 6) is -0.0521. The maximum atomic E-state index is 13.1. The summed E-state index contributed by atoms with van der Waals surface area (Å²) in [6.07, 6.45) is 1.61. The van der Waals surface area contributed by atoms with Crippen molar-refractivity contribution >= 4 is 23.5 Å². The van der Waals surface area contributed by atoms with Crippen LogP contribution in [0.4, 0.5) is 5.69 Å². The first-order valence-corrected chi connectivity index (χ1v) is 9.96. The van der Waals surface area contributed by atoms with E-state index in [-0.39, 0.29) is 36.7 Å². The second kappa shape index (κ2) is 9.15. The van der Waals surface area contributed by atoms with Gasteiger partial charge in [0.05, 0.1) is 38.3 Å². The number of anilines is 1. The highest BCUT2D eigenvalue weighted by Gasteiger charge is 2.40. The fourth-order valence-corrected chi connectivity index (χ4v) is 4.00.